The van der Waals surface area contributed by atoms with Gasteiger partial charge in [0.15, 0.2) is 0 Å². The molecule has 1 heterocycles. The van der Waals surface area contributed by atoms with Crippen LogP contribution in [0.3, 0.4) is 0 Å². The maximum absolute atomic E-state index is 12.1. The minimum absolute atomic E-state index is 0.551. The van der Waals surface area contributed by atoms with Crippen LogP contribution in [-0.4, -0.2) is 44.9 Å². The number of likely N-dealkylation sites (tertiary alicyclic amines) is 1. The summed E-state index contributed by atoms with van der Waals surface area (Å²) < 4.78 is 16.7. The lowest BCUT2D eigenvalue weighted by Crippen LogP contribution is -2.13. The van der Waals surface area contributed by atoms with Crippen molar-refractivity contribution in [2.75, 3.05) is 33.9 Å². The number of hydrogen-bond acceptors (Lipinski definition) is 2. The van der Waals surface area contributed by atoms with Gasteiger partial charge in [-0.3, -0.25) is 0 Å². The van der Waals surface area contributed by atoms with Gasteiger partial charge in [0.2, 0.25) is 0 Å². The highest BCUT2D eigenvalue weighted by Gasteiger charge is 2.17. The van der Waals surface area contributed by atoms with Crippen molar-refractivity contribution in [1.82, 2.24) is 4.90 Å². The number of ether oxygens (including phenoxy) is 1. The van der Waals surface area contributed by atoms with Crippen LogP contribution in [0.25, 0.3) is 0 Å². The highest BCUT2D eigenvalue weighted by molar-refractivity contribution is 4.70. The summed E-state index contributed by atoms with van der Waals surface area (Å²) >= 11 is 0. The van der Waals surface area contributed by atoms with Gasteiger partial charge < -0.3 is 9.64 Å². The summed E-state index contributed by atoms with van der Waals surface area (Å²) in [7, 11) is 3.62. The Bertz CT molecular complexity index is 81.0. The summed E-state index contributed by atoms with van der Waals surface area (Å²) in [5, 5.41) is 0. The number of hydrogen-bond donors (Lipinski definition) is 0. The highest BCUT2D eigenvalue weighted by Crippen LogP contribution is 2.08. The Morgan fingerprint density at radius 1 is 1.46 bits per heavy atom. The van der Waals surface area contributed by atoms with Gasteiger partial charge >= 0.3 is 0 Å². The van der Waals surface area contributed by atoms with Crippen molar-refractivity contribution in [2.45, 2.75) is 33.4 Å². The molecule has 0 bridgehead atoms. The first kappa shape index (κ1) is 15.3. The summed E-state index contributed by atoms with van der Waals surface area (Å²) in [4.78, 5) is 2.00. The van der Waals surface area contributed by atoms with Gasteiger partial charge in [-0.2, -0.15) is 0 Å². The zero-order chi connectivity index (χ0) is 10.7. The van der Waals surface area contributed by atoms with E-state index in [2.05, 4.69) is 4.74 Å². The summed E-state index contributed by atoms with van der Waals surface area (Å²) in [5.41, 5.74) is 0. The average Bonchev–Trinajstić information content (AvgIpc) is 2.54. The standard InChI is InChI=1S/C5H10FN.C3H8O.C2H6/c1-7-3-2-5(6)4-7;1-3-4-2;1-2/h5H,2-4H2,1H3;3H2,1-2H3;1-2H3. The molecule has 0 aromatic rings. The first-order chi connectivity index (χ1) is 6.20. The van der Waals surface area contributed by atoms with Gasteiger partial charge in [-0.15, -0.1) is 0 Å². The van der Waals surface area contributed by atoms with Crippen molar-refractivity contribution in [3.8, 4) is 0 Å². The molecule has 0 aromatic heterocycles. The van der Waals surface area contributed by atoms with Crippen LogP contribution in [0.15, 0.2) is 0 Å². The van der Waals surface area contributed by atoms with Crippen LogP contribution in [0.1, 0.15) is 27.2 Å². The molecule has 13 heavy (non-hydrogen) atoms. The van der Waals surface area contributed by atoms with E-state index in [1.54, 1.807) is 7.11 Å². The van der Waals surface area contributed by atoms with E-state index in [1.165, 1.54) is 0 Å². The van der Waals surface area contributed by atoms with Crippen LogP contribution in [-0.2, 0) is 4.74 Å². The first-order valence-electron chi connectivity index (χ1n) is 5.02. The fraction of sp³-hybridized carbons (Fsp3) is 1.00. The van der Waals surface area contributed by atoms with Crippen molar-refractivity contribution in [3.63, 3.8) is 0 Å². The van der Waals surface area contributed by atoms with E-state index in [9.17, 15) is 4.39 Å². The van der Waals surface area contributed by atoms with E-state index in [-0.39, 0.29) is 0 Å². The zero-order valence-corrected chi connectivity index (χ0v) is 9.64. The molecule has 1 rings (SSSR count). The van der Waals surface area contributed by atoms with Gasteiger partial charge in [-0.1, -0.05) is 13.8 Å². The van der Waals surface area contributed by atoms with E-state index < -0.39 is 6.17 Å². The third kappa shape index (κ3) is 11.9. The van der Waals surface area contributed by atoms with Gasteiger partial charge in [0.1, 0.15) is 6.17 Å². The van der Waals surface area contributed by atoms with E-state index in [1.807, 2.05) is 32.7 Å². The maximum Gasteiger partial charge on any atom is 0.114 e. The fourth-order valence-electron chi connectivity index (χ4n) is 0.881. The number of nitrogens with zero attached hydrogens (tertiary/aromatic N) is 1. The van der Waals surface area contributed by atoms with E-state index >= 15 is 0 Å². The van der Waals surface area contributed by atoms with Crippen molar-refractivity contribution < 1.29 is 9.13 Å². The molecular formula is C10H24FNO. The largest absolute Gasteiger partial charge is 0.385 e. The minimum atomic E-state index is -0.551. The molecule has 0 saturated carbocycles. The lowest BCUT2D eigenvalue weighted by Gasteiger charge is -2.01. The minimum Gasteiger partial charge on any atom is -0.385 e. The number of halogens is 1. The van der Waals surface area contributed by atoms with Gasteiger partial charge in [0.05, 0.1) is 0 Å². The summed E-state index contributed by atoms with van der Waals surface area (Å²) in [5.74, 6) is 0. The Hall–Kier alpha value is -0.150. The molecule has 1 aliphatic rings. The molecule has 82 valence electrons. The molecule has 0 aliphatic carbocycles. The molecule has 1 fully saturated rings. The Morgan fingerprint density at radius 3 is 2.00 bits per heavy atom. The topological polar surface area (TPSA) is 12.5 Å². The number of rotatable bonds is 1. The summed E-state index contributed by atoms with van der Waals surface area (Å²) in [6.07, 6.45) is 0.182. The van der Waals surface area contributed by atoms with Crippen LogP contribution in [0, 0.1) is 0 Å². The first-order valence-corrected chi connectivity index (χ1v) is 5.02. The summed E-state index contributed by atoms with van der Waals surface area (Å²) in [6.45, 7) is 8.35. The number of alkyl halides is 1. The molecule has 1 atom stereocenters. The zero-order valence-electron chi connectivity index (χ0n) is 9.64. The number of methoxy groups -OCH3 is 1. The van der Waals surface area contributed by atoms with E-state index in [0.29, 0.717) is 6.54 Å². The molecule has 0 aromatic carbocycles. The third-order valence-electron chi connectivity index (χ3n) is 1.62. The molecule has 1 unspecified atom stereocenters. The van der Waals surface area contributed by atoms with Crippen LogP contribution in [0.4, 0.5) is 4.39 Å². The monoisotopic (exact) mass is 193 g/mol. The summed E-state index contributed by atoms with van der Waals surface area (Å²) in [6, 6.07) is 0. The SMILES string of the molecule is CC.CCOC.CN1CCC(F)C1. The van der Waals surface area contributed by atoms with Gasteiger partial charge in [-0.25, -0.2) is 4.39 Å². The maximum atomic E-state index is 12.1. The average molecular weight is 193 g/mol. The Morgan fingerprint density at radius 2 is 1.92 bits per heavy atom. The fourth-order valence-corrected chi connectivity index (χ4v) is 0.881. The van der Waals surface area contributed by atoms with Crippen LogP contribution < -0.4 is 0 Å². The van der Waals surface area contributed by atoms with Gasteiger partial charge in [-0.05, 0) is 20.4 Å². The Kier molecular flexibility index (Phi) is 14.0. The van der Waals surface area contributed by atoms with Crippen LogP contribution >= 0.6 is 0 Å². The predicted octanol–water partition coefficient (Wildman–Crippen LogP) is 2.34. The Labute approximate surface area is 82.1 Å². The predicted molar refractivity (Wildman–Crippen MR) is 55.9 cm³/mol. The molecule has 1 aliphatic heterocycles. The van der Waals surface area contributed by atoms with E-state index in [4.69, 9.17) is 0 Å². The van der Waals surface area contributed by atoms with Crippen molar-refractivity contribution in [1.29, 1.82) is 0 Å². The molecule has 0 radical (unpaired) electrons. The quantitative estimate of drug-likeness (QED) is 0.634. The molecular weight excluding hydrogens is 169 g/mol. The molecule has 1 saturated heterocycles. The molecule has 0 N–H and O–H groups in total. The van der Waals surface area contributed by atoms with Crippen molar-refractivity contribution in [2.24, 2.45) is 0 Å². The van der Waals surface area contributed by atoms with Gasteiger partial charge in [0, 0.05) is 26.8 Å². The second kappa shape index (κ2) is 11.8. The normalized spacial score (nSPS) is 21.2. The van der Waals surface area contributed by atoms with Gasteiger partial charge in [0.25, 0.3) is 0 Å². The second-order valence-electron chi connectivity index (χ2n) is 2.73. The molecule has 0 amide bonds. The highest BCUT2D eigenvalue weighted by atomic mass is 19.1. The smallest absolute Gasteiger partial charge is 0.114 e. The van der Waals surface area contributed by atoms with Crippen LogP contribution in [0.2, 0.25) is 0 Å². The third-order valence-corrected chi connectivity index (χ3v) is 1.62. The van der Waals surface area contributed by atoms with Crippen LogP contribution in [0.5, 0.6) is 0 Å². The molecule has 2 nitrogen and oxygen atoms in total. The lowest BCUT2D eigenvalue weighted by molar-refractivity contribution is 0.215. The second-order valence-corrected chi connectivity index (χ2v) is 2.73. The molecule has 3 heteroatoms. The van der Waals surface area contributed by atoms with Crippen molar-refractivity contribution in [3.05, 3.63) is 0 Å². The van der Waals surface area contributed by atoms with E-state index in [0.717, 1.165) is 19.6 Å². The Balaban J connectivity index is 0. The molecule has 0 spiro atoms. The van der Waals surface area contributed by atoms with Crippen molar-refractivity contribution >= 4 is 0 Å². The lowest BCUT2D eigenvalue weighted by atomic mass is 10.4.